The molecule has 31 heavy (non-hydrogen) atoms. The van der Waals surface area contributed by atoms with Crippen molar-refractivity contribution in [1.29, 1.82) is 0 Å². The van der Waals surface area contributed by atoms with Gasteiger partial charge in [-0.3, -0.25) is 5.10 Å². The number of benzene rings is 3. The standard InChI is InChI=1S/C25H23N3O2S/c1-2-23(19-6-4-3-5-7-19)25(21-12-13-24-22(16-21)17-27-28-24)20-10-8-18(9-11-20)14-15-31(26,29)30/h3-17H,2H2,1H3,(H,27,28)(H2,26,29,30)/b15-14+,25-23+. The maximum atomic E-state index is 11.2. The highest BCUT2D eigenvalue weighted by atomic mass is 32.2. The molecule has 4 aromatic rings. The predicted octanol–water partition coefficient (Wildman–Crippen LogP) is 5.19. The Hall–Kier alpha value is -3.48. The molecule has 0 aliphatic carbocycles. The van der Waals surface area contributed by atoms with E-state index < -0.39 is 10.0 Å². The van der Waals surface area contributed by atoms with Crippen LogP contribution in [0.5, 0.6) is 0 Å². The number of nitrogens with two attached hydrogens (primary N) is 1. The zero-order valence-electron chi connectivity index (χ0n) is 17.1. The Bertz CT molecular complexity index is 1370. The fourth-order valence-electron chi connectivity index (χ4n) is 3.71. The summed E-state index contributed by atoms with van der Waals surface area (Å²) in [4.78, 5) is 0. The highest BCUT2D eigenvalue weighted by molar-refractivity contribution is 7.92. The second kappa shape index (κ2) is 8.71. The molecule has 0 fully saturated rings. The first kappa shape index (κ1) is 20.8. The molecule has 0 bridgehead atoms. The molecule has 3 aromatic carbocycles. The van der Waals surface area contributed by atoms with Crippen LogP contribution in [0.2, 0.25) is 0 Å². The van der Waals surface area contributed by atoms with Gasteiger partial charge in [-0.25, -0.2) is 13.6 Å². The van der Waals surface area contributed by atoms with Crippen molar-refractivity contribution in [2.45, 2.75) is 13.3 Å². The van der Waals surface area contributed by atoms with E-state index in [1.54, 1.807) is 0 Å². The molecule has 0 aliphatic rings. The topological polar surface area (TPSA) is 88.8 Å². The summed E-state index contributed by atoms with van der Waals surface area (Å²) in [6, 6.07) is 24.4. The fraction of sp³-hybridized carbons (Fsp3) is 0.0800. The van der Waals surface area contributed by atoms with Crippen molar-refractivity contribution < 1.29 is 8.42 Å². The smallest absolute Gasteiger partial charge is 0.231 e. The number of nitrogens with zero attached hydrogens (tertiary/aromatic N) is 1. The summed E-state index contributed by atoms with van der Waals surface area (Å²) in [5.74, 6) is 0. The predicted molar refractivity (Wildman–Crippen MR) is 127 cm³/mol. The molecule has 0 spiro atoms. The maximum absolute atomic E-state index is 11.2. The number of allylic oxidation sites excluding steroid dienone is 1. The van der Waals surface area contributed by atoms with E-state index in [0.29, 0.717) is 0 Å². The zero-order valence-corrected chi connectivity index (χ0v) is 17.9. The summed E-state index contributed by atoms with van der Waals surface area (Å²) in [5.41, 5.74) is 7.45. The molecule has 0 saturated heterocycles. The summed E-state index contributed by atoms with van der Waals surface area (Å²) in [5, 5.41) is 14.3. The van der Waals surface area contributed by atoms with Gasteiger partial charge in [0.1, 0.15) is 0 Å². The highest BCUT2D eigenvalue weighted by Crippen LogP contribution is 2.35. The van der Waals surface area contributed by atoms with Crippen LogP contribution in [0, 0.1) is 0 Å². The SMILES string of the molecule is CC/C(=C(/c1ccc(/C=C/S(N)(=O)=O)cc1)c1ccc2[nH]ncc2c1)c1ccccc1. The summed E-state index contributed by atoms with van der Waals surface area (Å²) in [6.45, 7) is 2.15. The quantitative estimate of drug-likeness (QED) is 0.413. The molecule has 4 rings (SSSR count). The number of hydrogen-bond acceptors (Lipinski definition) is 3. The normalized spacial score (nSPS) is 13.0. The van der Waals surface area contributed by atoms with Crippen molar-refractivity contribution in [2.24, 2.45) is 5.14 Å². The van der Waals surface area contributed by atoms with Gasteiger partial charge >= 0.3 is 0 Å². The lowest BCUT2D eigenvalue weighted by atomic mass is 9.87. The molecule has 0 unspecified atom stereocenters. The Morgan fingerprint density at radius 3 is 2.35 bits per heavy atom. The molecule has 0 atom stereocenters. The number of primary sulfonamides is 1. The largest absolute Gasteiger partial charge is 0.278 e. The number of sulfonamides is 1. The minimum absolute atomic E-state index is 0.764. The number of hydrogen-bond donors (Lipinski definition) is 2. The number of rotatable bonds is 6. The molecule has 1 aromatic heterocycles. The summed E-state index contributed by atoms with van der Waals surface area (Å²) in [7, 11) is -3.66. The Kier molecular flexibility index (Phi) is 5.84. The minimum Gasteiger partial charge on any atom is -0.278 e. The van der Waals surface area contributed by atoms with E-state index >= 15 is 0 Å². The summed E-state index contributed by atoms with van der Waals surface area (Å²) in [6.07, 6.45) is 4.18. The molecule has 0 amide bonds. The molecule has 0 saturated carbocycles. The lowest BCUT2D eigenvalue weighted by molar-refractivity contribution is 0.606. The zero-order chi connectivity index (χ0) is 21.8. The van der Waals surface area contributed by atoms with Gasteiger partial charge in [0, 0.05) is 10.8 Å². The van der Waals surface area contributed by atoms with Crippen molar-refractivity contribution in [3.8, 4) is 0 Å². The highest BCUT2D eigenvalue weighted by Gasteiger charge is 2.14. The third-order valence-corrected chi connectivity index (χ3v) is 5.67. The number of aromatic nitrogens is 2. The van der Waals surface area contributed by atoms with Gasteiger partial charge in [-0.15, -0.1) is 0 Å². The maximum Gasteiger partial charge on any atom is 0.231 e. The minimum atomic E-state index is -3.66. The summed E-state index contributed by atoms with van der Waals surface area (Å²) < 4.78 is 22.4. The van der Waals surface area contributed by atoms with E-state index in [1.165, 1.54) is 17.2 Å². The Balaban J connectivity index is 1.88. The van der Waals surface area contributed by atoms with E-state index in [4.69, 9.17) is 5.14 Å². The van der Waals surface area contributed by atoms with E-state index in [2.05, 4.69) is 41.4 Å². The first-order valence-corrected chi connectivity index (χ1v) is 11.6. The summed E-state index contributed by atoms with van der Waals surface area (Å²) >= 11 is 0. The molecule has 0 radical (unpaired) electrons. The Morgan fingerprint density at radius 2 is 1.68 bits per heavy atom. The van der Waals surface area contributed by atoms with Gasteiger partial charge in [-0.05, 0) is 58.0 Å². The van der Waals surface area contributed by atoms with Gasteiger partial charge < -0.3 is 0 Å². The number of fused-ring (bicyclic) bond motifs is 1. The lowest BCUT2D eigenvalue weighted by Gasteiger charge is -2.16. The second-order valence-electron chi connectivity index (χ2n) is 7.26. The van der Waals surface area contributed by atoms with Gasteiger partial charge in [0.2, 0.25) is 10.0 Å². The van der Waals surface area contributed by atoms with Crippen LogP contribution in [0.3, 0.4) is 0 Å². The van der Waals surface area contributed by atoms with Crippen molar-refractivity contribution >= 4 is 38.1 Å². The van der Waals surface area contributed by atoms with Crippen LogP contribution in [0.25, 0.3) is 28.1 Å². The first-order valence-electron chi connectivity index (χ1n) is 9.98. The van der Waals surface area contributed by atoms with Crippen molar-refractivity contribution in [2.75, 3.05) is 0 Å². The molecule has 1 heterocycles. The lowest BCUT2D eigenvalue weighted by Crippen LogP contribution is -2.06. The molecular weight excluding hydrogens is 406 g/mol. The van der Waals surface area contributed by atoms with Crippen LogP contribution in [-0.2, 0) is 10.0 Å². The number of H-pyrrole nitrogens is 1. The van der Waals surface area contributed by atoms with Gasteiger partial charge in [0.05, 0.1) is 11.7 Å². The average Bonchev–Trinajstić information content (AvgIpc) is 3.24. The average molecular weight is 430 g/mol. The molecule has 3 N–H and O–H groups in total. The van der Waals surface area contributed by atoms with Crippen LogP contribution >= 0.6 is 0 Å². The fourth-order valence-corrected chi connectivity index (χ4v) is 4.06. The molecule has 6 heteroatoms. The van der Waals surface area contributed by atoms with Gasteiger partial charge in [0.25, 0.3) is 0 Å². The van der Waals surface area contributed by atoms with Crippen LogP contribution in [-0.4, -0.2) is 18.6 Å². The second-order valence-corrected chi connectivity index (χ2v) is 8.71. The van der Waals surface area contributed by atoms with Crippen molar-refractivity contribution in [3.05, 3.63) is 107 Å². The van der Waals surface area contributed by atoms with Crippen LogP contribution in [0.1, 0.15) is 35.6 Å². The van der Waals surface area contributed by atoms with Gasteiger partial charge in [-0.2, -0.15) is 5.10 Å². The van der Waals surface area contributed by atoms with Crippen molar-refractivity contribution in [3.63, 3.8) is 0 Å². The Labute approximate surface area is 182 Å². The van der Waals surface area contributed by atoms with Crippen LogP contribution < -0.4 is 5.14 Å². The number of nitrogens with one attached hydrogen (secondary N) is 1. The van der Waals surface area contributed by atoms with Gasteiger partial charge in [-0.1, -0.05) is 67.6 Å². The first-order chi connectivity index (χ1) is 14.9. The van der Waals surface area contributed by atoms with E-state index in [0.717, 1.165) is 45.0 Å². The third-order valence-electron chi connectivity index (χ3n) is 5.16. The van der Waals surface area contributed by atoms with Crippen LogP contribution in [0.4, 0.5) is 0 Å². The molecule has 0 aliphatic heterocycles. The Morgan fingerprint density at radius 1 is 0.968 bits per heavy atom. The molecule has 5 nitrogen and oxygen atoms in total. The van der Waals surface area contributed by atoms with Crippen molar-refractivity contribution in [1.82, 2.24) is 10.2 Å². The van der Waals surface area contributed by atoms with Crippen LogP contribution in [0.15, 0.2) is 84.4 Å². The van der Waals surface area contributed by atoms with Gasteiger partial charge in [0.15, 0.2) is 0 Å². The van der Waals surface area contributed by atoms with E-state index in [9.17, 15) is 8.42 Å². The van der Waals surface area contributed by atoms with E-state index in [-0.39, 0.29) is 0 Å². The van der Waals surface area contributed by atoms with E-state index in [1.807, 2.05) is 54.7 Å². The number of aromatic amines is 1. The molecule has 156 valence electrons. The monoisotopic (exact) mass is 429 g/mol. The third kappa shape index (κ3) is 4.82. The molecular formula is C25H23N3O2S.